The first-order valence-corrected chi connectivity index (χ1v) is 9.08. The lowest BCUT2D eigenvalue weighted by molar-refractivity contribution is -0.124. The molecule has 0 aliphatic heterocycles. The number of aryl methyl sites for hydroxylation is 1. The zero-order valence-corrected chi connectivity index (χ0v) is 16.2. The number of aromatic nitrogens is 3. The van der Waals surface area contributed by atoms with E-state index in [1.54, 1.807) is 26.0 Å². The summed E-state index contributed by atoms with van der Waals surface area (Å²) >= 11 is 0. The molecule has 0 aliphatic carbocycles. The number of carbonyl (C=O) groups excluding carboxylic acids is 1. The Morgan fingerprint density at radius 3 is 2.75 bits per heavy atom. The van der Waals surface area contributed by atoms with Crippen molar-refractivity contribution in [3.63, 3.8) is 0 Å². The van der Waals surface area contributed by atoms with Crippen LogP contribution in [0.3, 0.4) is 0 Å². The summed E-state index contributed by atoms with van der Waals surface area (Å²) in [5, 5.41) is 25.5. The van der Waals surface area contributed by atoms with Gasteiger partial charge in [0.25, 0.3) is 0 Å². The maximum Gasteiger partial charge on any atom is 0.222 e. The van der Waals surface area contributed by atoms with Crippen LogP contribution in [-0.2, 0) is 11.3 Å². The molecule has 0 aliphatic rings. The number of benzene rings is 1. The van der Waals surface area contributed by atoms with Crippen LogP contribution in [0.4, 0.5) is 11.5 Å². The Bertz CT molecular complexity index is 991. The lowest BCUT2D eigenvalue weighted by atomic mass is 10.1. The molecule has 0 spiro atoms. The van der Waals surface area contributed by atoms with E-state index in [4.69, 9.17) is 0 Å². The fourth-order valence-corrected chi connectivity index (χ4v) is 2.95. The Morgan fingerprint density at radius 2 is 2.04 bits per heavy atom. The minimum Gasteiger partial charge on any atom is -0.508 e. The molecule has 0 radical (unpaired) electrons. The molecule has 0 saturated carbocycles. The van der Waals surface area contributed by atoms with Crippen LogP contribution in [0.15, 0.2) is 36.8 Å². The number of nitrogens with zero attached hydrogens (tertiary/aromatic N) is 3. The van der Waals surface area contributed by atoms with Crippen LogP contribution < -0.4 is 10.6 Å². The highest BCUT2D eigenvalue weighted by molar-refractivity contribution is 5.88. The van der Waals surface area contributed by atoms with Gasteiger partial charge in [0.2, 0.25) is 5.91 Å². The Labute approximate surface area is 163 Å². The highest BCUT2D eigenvalue weighted by Crippen LogP contribution is 2.26. The fraction of sp³-hybridized carbons (Fsp3) is 0.350. The molecule has 2 heterocycles. The van der Waals surface area contributed by atoms with Gasteiger partial charge in [-0.3, -0.25) is 4.79 Å². The second-order valence-corrected chi connectivity index (χ2v) is 7.43. The average molecular weight is 383 g/mol. The number of phenols is 1. The largest absolute Gasteiger partial charge is 0.508 e. The van der Waals surface area contributed by atoms with E-state index in [9.17, 15) is 15.0 Å². The predicted molar refractivity (Wildman–Crippen MR) is 108 cm³/mol. The Balaban J connectivity index is 1.75. The maximum atomic E-state index is 11.9. The van der Waals surface area contributed by atoms with Gasteiger partial charge in [-0.25, -0.2) is 9.97 Å². The number of fused-ring (bicyclic) bond motifs is 1. The van der Waals surface area contributed by atoms with Crippen molar-refractivity contribution in [2.24, 2.45) is 0 Å². The Kier molecular flexibility index (Phi) is 5.51. The summed E-state index contributed by atoms with van der Waals surface area (Å²) in [5.74, 6) is 0.685. The van der Waals surface area contributed by atoms with E-state index in [-0.39, 0.29) is 18.1 Å². The van der Waals surface area contributed by atoms with Gasteiger partial charge < -0.3 is 25.4 Å². The standard InChI is InChI=1S/C20H25N5O3/c1-13-10-14(4-5-16(13)26)24-19-18-15(22-12-23-19)6-8-25(18)9-7-21-17(27)11-20(2,3)28/h4-6,8,10,12,26,28H,7,9,11H2,1-3H3,(H,21,27)(H,22,23,24). The van der Waals surface area contributed by atoms with Crippen LogP contribution in [0.5, 0.6) is 5.75 Å². The van der Waals surface area contributed by atoms with Crippen molar-refractivity contribution in [3.05, 3.63) is 42.4 Å². The second-order valence-electron chi connectivity index (χ2n) is 7.43. The topological polar surface area (TPSA) is 112 Å². The Morgan fingerprint density at radius 1 is 1.25 bits per heavy atom. The van der Waals surface area contributed by atoms with Gasteiger partial charge in [0, 0.05) is 25.0 Å². The quantitative estimate of drug-likeness (QED) is 0.466. The molecular formula is C20H25N5O3. The lowest BCUT2D eigenvalue weighted by Gasteiger charge is -2.16. The molecule has 148 valence electrons. The van der Waals surface area contributed by atoms with Gasteiger partial charge in [-0.05, 0) is 50.6 Å². The number of carbonyl (C=O) groups is 1. The summed E-state index contributed by atoms with van der Waals surface area (Å²) in [5.41, 5.74) is 2.15. The molecule has 4 N–H and O–H groups in total. The van der Waals surface area contributed by atoms with Gasteiger partial charge in [0.05, 0.1) is 17.5 Å². The van der Waals surface area contributed by atoms with Crippen LogP contribution in [0, 0.1) is 6.92 Å². The smallest absolute Gasteiger partial charge is 0.222 e. The summed E-state index contributed by atoms with van der Waals surface area (Å²) in [4.78, 5) is 20.5. The van der Waals surface area contributed by atoms with Gasteiger partial charge in [-0.1, -0.05) is 0 Å². The number of hydrogen-bond acceptors (Lipinski definition) is 6. The second kappa shape index (κ2) is 7.85. The third-order valence-corrected chi connectivity index (χ3v) is 4.28. The minimum absolute atomic E-state index is 0.0511. The third-order valence-electron chi connectivity index (χ3n) is 4.28. The van der Waals surface area contributed by atoms with Crippen molar-refractivity contribution < 1.29 is 15.0 Å². The SMILES string of the molecule is Cc1cc(Nc2ncnc3ccn(CCNC(=O)CC(C)(C)O)c23)ccc1O. The summed E-state index contributed by atoms with van der Waals surface area (Å²) in [6.07, 6.45) is 3.44. The van der Waals surface area contributed by atoms with Gasteiger partial charge in [0.1, 0.15) is 17.6 Å². The molecule has 0 saturated heterocycles. The number of rotatable bonds is 7. The molecule has 8 heteroatoms. The van der Waals surface area contributed by atoms with Gasteiger partial charge in [-0.15, -0.1) is 0 Å². The maximum absolute atomic E-state index is 11.9. The number of amides is 1. The zero-order valence-electron chi connectivity index (χ0n) is 16.2. The Hall–Kier alpha value is -3.13. The first kappa shape index (κ1) is 19.6. The first-order valence-electron chi connectivity index (χ1n) is 9.08. The van der Waals surface area contributed by atoms with Gasteiger partial charge in [0.15, 0.2) is 5.82 Å². The van der Waals surface area contributed by atoms with E-state index >= 15 is 0 Å². The van der Waals surface area contributed by atoms with Crippen molar-refractivity contribution in [2.75, 3.05) is 11.9 Å². The van der Waals surface area contributed by atoms with E-state index in [0.29, 0.717) is 18.9 Å². The number of aliphatic hydroxyl groups is 1. The van der Waals surface area contributed by atoms with E-state index in [1.165, 1.54) is 6.33 Å². The van der Waals surface area contributed by atoms with Gasteiger partial charge >= 0.3 is 0 Å². The number of phenolic OH excluding ortho intramolecular Hbond substituents is 1. The molecule has 3 aromatic rings. The predicted octanol–water partition coefficient (Wildman–Crippen LogP) is 2.47. The summed E-state index contributed by atoms with van der Waals surface area (Å²) in [7, 11) is 0. The van der Waals surface area contributed by atoms with Crippen LogP contribution in [0.1, 0.15) is 25.8 Å². The highest BCUT2D eigenvalue weighted by atomic mass is 16.3. The summed E-state index contributed by atoms with van der Waals surface area (Å²) in [6.45, 7) is 6.00. The lowest BCUT2D eigenvalue weighted by Crippen LogP contribution is -2.33. The van der Waals surface area contributed by atoms with E-state index in [1.807, 2.05) is 29.8 Å². The van der Waals surface area contributed by atoms with Crippen molar-refractivity contribution in [3.8, 4) is 5.75 Å². The first-order chi connectivity index (χ1) is 13.2. The molecule has 28 heavy (non-hydrogen) atoms. The summed E-state index contributed by atoms with van der Waals surface area (Å²) < 4.78 is 1.97. The normalized spacial score (nSPS) is 11.6. The van der Waals surface area contributed by atoms with Crippen LogP contribution in [0.2, 0.25) is 0 Å². The van der Waals surface area contributed by atoms with Crippen LogP contribution in [-0.4, -0.2) is 42.8 Å². The number of anilines is 2. The number of aromatic hydroxyl groups is 1. The number of nitrogens with one attached hydrogen (secondary N) is 2. The fourth-order valence-electron chi connectivity index (χ4n) is 2.95. The molecule has 0 fully saturated rings. The molecule has 3 rings (SSSR count). The van der Waals surface area contributed by atoms with Crippen molar-refractivity contribution in [2.45, 2.75) is 39.3 Å². The third kappa shape index (κ3) is 4.77. The van der Waals surface area contributed by atoms with E-state index < -0.39 is 5.60 Å². The molecule has 1 aromatic carbocycles. The van der Waals surface area contributed by atoms with Crippen molar-refractivity contribution >= 4 is 28.4 Å². The molecule has 0 unspecified atom stereocenters. The summed E-state index contributed by atoms with van der Waals surface area (Å²) in [6, 6.07) is 7.14. The van der Waals surface area contributed by atoms with E-state index in [2.05, 4.69) is 20.6 Å². The molecule has 0 bridgehead atoms. The van der Waals surface area contributed by atoms with Crippen LogP contribution in [0.25, 0.3) is 11.0 Å². The minimum atomic E-state index is -1.03. The molecule has 1 amide bonds. The van der Waals surface area contributed by atoms with Gasteiger partial charge in [-0.2, -0.15) is 0 Å². The highest BCUT2D eigenvalue weighted by Gasteiger charge is 2.17. The van der Waals surface area contributed by atoms with E-state index in [0.717, 1.165) is 22.3 Å². The van der Waals surface area contributed by atoms with Crippen molar-refractivity contribution in [1.29, 1.82) is 0 Å². The van der Waals surface area contributed by atoms with Crippen molar-refractivity contribution in [1.82, 2.24) is 19.9 Å². The molecule has 2 aromatic heterocycles. The molecule has 8 nitrogen and oxygen atoms in total. The molecule has 0 atom stereocenters. The van der Waals surface area contributed by atoms with Crippen LogP contribution >= 0.6 is 0 Å². The average Bonchev–Trinajstić information content (AvgIpc) is 3.01. The zero-order chi connectivity index (χ0) is 20.3. The number of hydrogen-bond donors (Lipinski definition) is 4. The molecular weight excluding hydrogens is 358 g/mol. The monoisotopic (exact) mass is 383 g/mol.